The van der Waals surface area contributed by atoms with E-state index in [4.69, 9.17) is 4.99 Å². The molecule has 0 radical (unpaired) electrons. The number of alkyl halides is 3. The van der Waals surface area contributed by atoms with Crippen LogP contribution in [-0.2, 0) is 12.7 Å². The Morgan fingerprint density at radius 3 is 2.61 bits per heavy atom. The van der Waals surface area contributed by atoms with E-state index in [1.165, 1.54) is 23.5 Å². The van der Waals surface area contributed by atoms with Gasteiger partial charge >= 0.3 is 11.9 Å². The summed E-state index contributed by atoms with van der Waals surface area (Å²) in [6.07, 6.45) is -2.57. The fraction of sp³-hybridized carbons (Fsp3) is 0.238. The molecule has 2 aromatic carbocycles. The van der Waals surface area contributed by atoms with Crippen molar-refractivity contribution in [2.75, 3.05) is 0 Å². The standard InChI is InChI=1S/C21H19F3N4OS.BrH/c1-2-3-9-28-18(13-5-4-6-14(10-13)21(22,23)24)12-30-20(28)25-15-7-8-16-17(11-15)27-19(29)26-16;/h4-8,10-12H,2-3,9H2,1H3,(H2,26,27,29);1H. The van der Waals surface area contributed by atoms with Crippen molar-refractivity contribution in [1.82, 2.24) is 14.5 Å². The summed E-state index contributed by atoms with van der Waals surface area (Å²) in [7, 11) is 0. The third kappa shape index (κ3) is 5.01. The summed E-state index contributed by atoms with van der Waals surface area (Å²) in [5.74, 6) is 0. The monoisotopic (exact) mass is 512 g/mol. The van der Waals surface area contributed by atoms with Crippen molar-refractivity contribution >= 4 is 45.0 Å². The highest BCUT2D eigenvalue weighted by atomic mass is 79.9. The predicted molar refractivity (Wildman–Crippen MR) is 122 cm³/mol. The van der Waals surface area contributed by atoms with Gasteiger partial charge in [-0.2, -0.15) is 13.2 Å². The largest absolute Gasteiger partial charge is 0.416 e. The molecule has 0 saturated carbocycles. The Hall–Kier alpha value is -2.59. The number of hydrogen-bond acceptors (Lipinski definition) is 3. The van der Waals surface area contributed by atoms with Gasteiger partial charge in [-0.25, -0.2) is 9.79 Å². The molecule has 0 unspecified atom stereocenters. The van der Waals surface area contributed by atoms with E-state index in [0.29, 0.717) is 39.3 Å². The van der Waals surface area contributed by atoms with Gasteiger partial charge < -0.3 is 14.5 Å². The molecule has 4 rings (SSSR count). The fourth-order valence-corrected chi connectivity index (χ4v) is 4.19. The Morgan fingerprint density at radius 1 is 1.10 bits per heavy atom. The van der Waals surface area contributed by atoms with Crippen molar-refractivity contribution in [2.45, 2.75) is 32.5 Å². The van der Waals surface area contributed by atoms with Crippen LogP contribution in [0, 0.1) is 0 Å². The highest BCUT2D eigenvalue weighted by Gasteiger charge is 2.30. The number of thiazole rings is 1. The van der Waals surface area contributed by atoms with E-state index >= 15 is 0 Å². The normalized spacial score (nSPS) is 12.3. The van der Waals surface area contributed by atoms with E-state index < -0.39 is 11.7 Å². The van der Waals surface area contributed by atoms with Crippen LogP contribution in [0.3, 0.4) is 0 Å². The maximum Gasteiger partial charge on any atom is 0.416 e. The molecule has 5 nitrogen and oxygen atoms in total. The summed E-state index contributed by atoms with van der Waals surface area (Å²) < 4.78 is 41.4. The second kappa shape index (κ2) is 9.27. The van der Waals surface area contributed by atoms with Gasteiger partial charge in [-0.1, -0.05) is 25.5 Å². The maximum absolute atomic E-state index is 13.2. The number of benzene rings is 2. The highest BCUT2D eigenvalue weighted by Crippen LogP contribution is 2.32. The van der Waals surface area contributed by atoms with Gasteiger partial charge in [0.25, 0.3) is 0 Å². The molecule has 4 aromatic rings. The number of nitrogens with one attached hydrogen (secondary N) is 2. The quantitative estimate of drug-likeness (QED) is 0.337. The van der Waals surface area contributed by atoms with Crippen LogP contribution in [0.25, 0.3) is 22.3 Å². The summed E-state index contributed by atoms with van der Waals surface area (Å²) in [5.41, 5.74) is 2.24. The van der Waals surface area contributed by atoms with Crippen LogP contribution in [0.5, 0.6) is 0 Å². The van der Waals surface area contributed by atoms with Crippen molar-refractivity contribution in [3.8, 4) is 11.3 Å². The van der Waals surface area contributed by atoms with Crippen molar-refractivity contribution in [2.24, 2.45) is 4.99 Å². The Kier molecular flexibility index (Phi) is 6.90. The summed E-state index contributed by atoms with van der Waals surface area (Å²) in [6, 6.07) is 10.7. The van der Waals surface area contributed by atoms with Crippen LogP contribution in [0.1, 0.15) is 25.3 Å². The van der Waals surface area contributed by atoms with Gasteiger partial charge in [0.05, 0.1) is 28.0 Å². The van der Waals surface area contributed by atoms with Crippen LogP contribution in [-0.4, -0.2) is 14.5 Å². The van der Waals surface area contributed by atoms with E-state index in [-0.39, 0.29) is 22.7 Å². The van der Waals surface area contributed by atoms with Gasteiger partial charge in [0, 0.05) is 11.9 Å². The lowest BCUT2D eigenvalue weighted by Crippen LogP contribution is -2.16. The summed E-state index contributed by atoms with van der Waals surface area (Å²) >= 11 is 1.38. The van der Waals surface area contributed by atoms with E-state index in [0.717, 1.165) is 18.9 Å². The summed E-state index contributed by atoms with van der Waals surface area (Å²) in [6.45, 7) is 2.71. The Morgan fingerprint density at radius 2 is 1.87 bits per heavy atom. The SMILES string of the molecule is Br.CCCCn1c(-c2cccc(C(F)(F)F)c2)csc1=Nc1ccc2[nH]c(=O)[nH]c2c1. The van der Waals surface area contributed by atoms with Gasteiger partial charge in [-0.05, 0) is 42.3 Å². The lowest BCUT2D eigenvalue weighted by molar-refractivity contribution is -0.137. The molecule has 2 heterocycles. The molecule has 31 heavy (non-hydrogen) atoms. The molecule has 0 aliphatic heterocycles. The number of hydrogen-bond donors (Lipinski definition) is 2. The number of fused-ring (bicyclic) bond motifs is 1. The molecule has 10 heteroatoms. The number of H-pyrrole nitrogens is 2. The van der Waals surface area contributed by atoms with Crippen molar-refractivity contribution in [3.05, 3.63) is 68.7 Å². The number of aromatic amines is 2. The van der Waals surface area contributed by atoms with Crippen LogP contribution < -0.4 is 10.5 Å². The molecule has 0 fully saturated rings. The predicted octanol–water partition coefficient (Wildman–Crippen LogP) is 6.02. The van der Waals surface area contributed by atoms with Crippen LogP contribution in [0.15, 0.2) is 57.6 Å². The van der Waals surface area contributed by atoms with Gasteiger partial charge in [-0.3, -0.25) is 0 Å². The molecule has 2 aromatic heterocycles. The van der Waals surface area contributed by atoms with Crippen molar-refractivity contribution in [3.63, 3.8) is 0 Å². The molecular formula is C21H20BrF3N4OS. The van der Waals surface area contributed by atoms with Crippen molar-refractivity contribution in [1.29, 1.82) is 0 Å². The van der Waals surface area contributed by atoms with Gasteiger partial charge in [0.1, 0.15) is 0 Å². The second-order valence-electron chi connectivity index (χ2n) is 6.91. The zero-order valence-electron chi connectivity index (χ0n) is 16.5. The molecule has 0 saturated heterocycles. The molecule has 0 aliphatic carbocycles. The molecule has 0 atom stereocenters. The van der Waals surface area contributed by atoms with Crippen molar-refractivity contribution < 1.29 is 13.2 Å². The summed E-state index contributed by atoms with van der Waals surface area (Å²) in [4.78, 5) is 22.2. The smallest absolute Gasteiger partial charge is 0.316 e. The number of halogens is 4. The first-order chi connectivity index (χ1) is 14.3. The van der Waals surface area contributed by atoms with E-state index in [9.17, 15) is 18.0 Å². The minimum absolute atomic E-state index is 0. The summed E-state index contributed by atoms with van der Waals surface area (Å²) in [5, 5.41) is 1.83. The van der Waals surface area contributed by atoms with E-state index in [1.54, 1.807) is 24.3 Å². The third-order valence-corrected chi connectivity index (χ3v) is 5.61. The zero-order chi connectivity index (χ0) is 21.3. The minimum Gasteiger partial charge on any atom is -0.316 e. The average molecular weight is 513 g/mol. The van der Waals surface area contributed by atoms with Gasteiger partial charge in [0.15, 0.2) is 4.80 Å². The number of unbranched alkanes of at least 4 members (excludes halogenated alkanes) is 1. The molecule has 0 bridgehead atoms. The fourth-order valence-electron chi connectivity index (χ4n) is 3.24. The highest BCUT2D eigenvalue weighted by molar-refractivity contribution is 8.93. The number of nitrogens with zero attached hydrogens (tertiary/aromatic N) is 2. The average Bonchev–Trinajstić information content (AvgIpc) is 3.27. The third-order valence-electron chi connectivity index (χ3n) is 4.74. The minimum atomic E-state index is -4.39. The molecule has 0 aliphatic rings. The molecular weight excluding hydrogens is 493 g/mol. The first kappa shape index (κ1) is 23.1. The Labute approximate surface area is 190 Å². The first-order valence-corrected chi connectivity index (χ1v) is 10.4. The topological polar surface area (TPSA) is 65.9 Å². The van der Waals surface area contributed by atoms with E-state index in [1.807, 2.05) is 9.95 Å². The molecule has 2 N–H and O–H groups in total. The molecule has 0 spiro atoms. The van der Waals surface area contributed by atoms with Crippen LogP contribution in [0.4, 0.5) is 18.9 Å². The Bertz CT molecular complexity index is 1320. The second-order valence-corrected chi connectivity index (χ2v) is 7.74. The lowest BCUT2D eigenvalue weighted by atomic mass is 10.1. The molecule has 164 valence electrons. The Balaban J connectivity index is 0.00000272. The van der Waals surface area contributed by atoms with Gasteiger partial charge in [0.2, 0.25) is 0 Å². The van der Waals surface area contributed by atoms with Gasteiger partial charge in [-0.15, -0.1) is 28.3 Å². The van der Waals surface area contributed by atoms with E-state index in [2.05, 4.69) is 16.9 Å². The maximum atomic E-state index is 13.2. The first-order valence-electron chi connectivity index (χ1n) is 9.48. The number of rotatable bonds is 5. The van der Waals surface area contributed by atoms with Crippen LogP contribution >= 0.6 is 28.3 Å². The molecule has 0 amide bonds. The lowest BCUT2D eigenvalue weighted by Gasteiger charge is -2.11. The van der Waals surface area contributed by atoms with Crippen LogP contribution in [0.2, 0.25) is 0 Å². The zero-order valence-corrected chi connectivity index (χ0v) is 19.0. The number of aromatic nitrogens is 3. The number of imidazole rings is 1.